The third-order valence-corrected chi connectivity index (χ3v) is 6.33. The van der Waals surface area contributed by atoms with E-state index in [-0.39, 0.29) is 47.6 Å². The van der Waals surface area contributed by atoms with Crippen LogP contribution in [-0.4, -0.2) is 24.2 Å². The SMILES string of the molecule is COC(=O)C1C2NC3c4cc(Cl)cc(F)c4NC(c4ccc(O)cc4)C3C21. The number of benzene rings is 2. The Hall–Kier alpha value is -2.31. The van der Waals surface area contributed by atoms with Gasteiger partial charge in [-0.1, -0.05) is 23.7 Å². The molecule has 2 aliphatic heterocycles. The Morgan fingerprint density at radius 1 is 1.19 bits per heavy atom. The van der Waals surface area contributed by atoms with E-state index in [0.717, 1.165) is 11.1 Å². The molecule has 5 rings (SSSR count). The molecule has 0 amide bonds. The molecule has 0 aromatic heterocycles. The molecule has 3 N–H and O–H groups in total. The normalized spacial score (nSPS) is 32.7. The quantitative estimate of drug-likeness (QED) is 0.688. The van der Waals surface area contributed by atoms with Gasteiger partial charge in [-0.2, -0.15) is 0 Å². The molecule has 5 nitrogen and oxygen atoms in total. The largest absolute Gasteiger partial charge is 0.508 e. The molecule has 6 atom stereocenters. The second-order valence-corrected chi connectivity index (χ2v) is 7.88. The highest BCUT2D eigenvalue weighted by atomic mass is 35.5. The van der Waals surface area contributed by atoms with Crippen molar-refractivity contribution >= 4 is 23.3 Å². The minimum absolute atomic E-state index is 0.0156. The van der Waals surface area contributed by atoms with E-state index < -0.39 is 5.82 Å². The number of carbonyl (C=O) groups is 1. The van der Waals surface area contributed by atoms with Crippen LogP contribution in [0.25, 0.3) is 0 Å². The standard InChI is InChI=1S/C20H18ClFN2O3/c1-27-20(26)15-13-14-16(8-2-4-10(25)5-3-8)23-17-11(18(14)24-19(13)15)6-9(21)7-12(17)22/h2-7,13-16,18-19,23-25H,1H3. The zero-order valence-electron chi connectivity index (χ0n) is 14.4. The number of methoxy groups -OCH3 is 1. The summed E-state index contributed by atoms with van der Waals surface area (Å²) in [5, 5.41) is 16.8. The van der Waals surface area contributed by atoms with Crippen LogP contribution in [-0.2, 0) is 9.53 Å². The van der Waals surface area contributed by atoms with Crippen LogP contribution in [0.3, 0.4) is 0 Å². The number of halogens is 2. The molecule has 1 aliphatic carbocycles. The average molecular weight is 389 g/mol. The number of hydrogen-bond acceptors (Lipinski definition) is 5. The Morgan fingerprint density at radius 3 is 2.63 bits per heavy atom. The first-order chi connectivity index (χ1) is 13.0. The van der Waals surface area contributed by atoms with E-state index in [1.54, 1.807) is 18.2 Å². The van der Waals surface area contributed by atoms with Crippen molar-refractivity contribution in [2.45, 2.75) is 18.1 Å². The summed E-state index contributed by atoms with van der Waals surface area (Å²) in [5.41, 5.74) is 2.15. The number of phenolic OH excluding ortho intramolecular Hbond substituents is 1. The number of fused-ring (bicyclic) bond motifs is 5. The van der Waals surface area contributed by atoms with Gasteiger partial charge in [0.25, 0.3) is 0 Å². The van der Waals surface area contributed by atoms with Crippen LogP contribution >= 0.6 is 11.6 Å². The van der Waals surface area contributed by atoms with Crippen molar-refractivity contribution in [3.63, 3.8) is 0 Å². The third-order valence-electron chi connectivity index (χ3n) is 6.11. The van der Waals surface area contributed by atoms with Crippen molar-refractivity contribution in [2.24, 2.45) is 17.8 Å². The minimum Gasteiger partial charge on any atom is -0.508 e. The van der Waals surface area contributed by atoms with Crippen LogP contribution in [0.15, 0.2) is 36.4 Å². The van der Waals surface area contributed by atoms with Gasteiger partial charge in [0.15, 0.2) is 0 Å². The highest BCUT2D eigenvalue weighted by Crippen LogP contribution is 2.62. The highest BCUT2D eigenvalue weighted by Gasteiger charge is 2.68. The van der Waals surface area contributed by atoms with Crippen LogP contribution in [0.4, 0.5) is 10.1 Å². The van der Waals surface area contributed by atoms with Crippen LogP contribution < -0.4 is 10.6 Å². The minimum atomic E-state index is -0.397. The van der Waals surface area contributed by atoms with E-state index in [9.17, 15) is 14.3 Å². The maximum Gasteiger partial charge on any atom is 0.310 e. The lowest BCUT2D eigenvalue weighted by Crippen LogP contribution is -2.38. The van der Waals surface area contributed by atoms with Gasteiger partial charge in [0.05, 0.1) is 24.8 Å². The molecular formula is C20H18ClFN2O3. The molecule has 0 bridgehead atoms. The van der Waals surface area contributed by atoms with Gasteiger partial charge in [-0.15, -0.1) is 0 Å². The molecule has 2 fully saturated rings. The van der Waals surface area contributed by atoms with Crippen molar-refractivity contribution in [2.75, 3.05) is 12.4 Å². The molecule has 0 spiro atoms. The van der Waals surface area contributed by atoms with E-state index in [1.165, 1.54) is 13.2 Å². The lowest BCUT2D eigenvalue weighted by Gasteiger charge is -2.39. The molecule has 2 aromatic carbocycles. The Labute approximate surface area is 160 Å². The molecule has 2 heterocycles. The van der Waals surface area contributed by atoms with Crippen molar-refractivity contribution in [3.05, 3.63) is 58.4 Å². The van der Waals surface area contributed by atoms with Gasteiger partial charge < -0.3 is 20.5 Å². The fraction of sp³-hybridized carbons (Fsp3) is 0.350. The predicted octanol–water partition coefficient (Wildman–Crippen LogP) is 3.40. The first-order valence-corrected chi connectivity index (χ1v) is 9.25. The maximum atomic E-state index is 14.6. The molecule has 140 valence electrons. The summed E-state index contributed by atoms with van der Waals surface area (Å²) in [4.78, 5) is 12.1. The number of ether oxygens (including phenoxy) is 1. The number of piperidine rings is 1. The highest BCUT2D eigenvalue weighted by molar-refractivity contribution is 6.30. The van der Waals surface area contributed by atoms with E-state index in [2.05, 4.69) is 10.6 Å². The van der Waals surface area contributed by atoms with Crippen molar-refractivity contribution in [3.8, 4) is 5.75 Å². The van der Waals surface area contributed by atoms with Crippen molar-refractivity contribution < 1.29 is 19.0 Å². The summed E-state index contributed by atoms with van der Waals surface area (Å²) < 4.78 is 19.6. The maximum absolute atomic E-state index is 14.6. The lowest BCUT2D eigenvalue weighted by molar-refractivity contribution is -0.143. The van der Waals surface area contributed by atoms with Gasteiger partial charge in [0, 0.05) is 23.0 Å². The first kappa shape index (κ1) is 16.8. The number of hydrogen-bond donors (Lipinski definition) is 3. The Morgan fingerprint density at radius 2 is 1.93 bits per heavy atom. The topological polar surface area (TPSA) is 70.6 Å². The number of phenols is 1. The second-order valence-electron chi connectivity index (χ2n) is 7.44. The van der Waals surface area contributed by atoms with Crippen LogP contribution in [0.2, 0.25) is 5.02 Å². The van der Waals surface area contributed by atoms with Gasteiger partial charge in [0.1, 0.15) is 11.6 Å². The summed E-state index contributed by atoms with van der Waals surface area (Å²) in [6, 6.07) is 9.67. The molecule has 0 radical (unpaired) electrons. The summed E-state index contributed by atoms with van der Waals surface area (Å²) in [5.74, 6) is -0.498. The molecule has 27 heavy (non-hydrogen) atoms. The van der Waals surface area contributed by atoms with Crippen LogP contribution in [0.1, 0.15) is 23.2 Å². The van der Waals surface area contributed by atoms with E-state index in [0.29, 0.717) is 10.7 Å². The molecule has 7 heteroatoms. The van der Waals surface area contributed by atoms with Gasteiger partial charge in [0.2, 0.25) is 0 Å². The zero-order chi connectivity index (χ0) is 18.9. The fourth-order valence-corrected chi connectivity index (χ4v) is 5.16. The van der Waals surface area contributed by atoms with E-state index >= 15 is 0 Å². The van der Waals surface area contributed by atoms with Crippen LogP contribution in [0.5, 0.6) is 5.75 Å². The smallest absolute Gasteiger partial charge is 0.310 e. The first-order valence-electron chi connectivity index (χ1n) is 8.88. The molecule has 2 aromatic rings. The Kier molecular flexibility index (Phi) is 3.64. The Balaban J connectivity index is 1.60. The van der Waals surface area contributed by atoms with Crippen molar-refractivity contribution in [1.29, 1.82) is 0 Å². The zero-order valence-corrected chi connectivity index (χ0v) is 15.2. The average Bonchev–Trinajstić information content (AvgIpc) is 3.22. The van der Waals surface area contributed by atoms with Crippen LogP contribution in [0, 0.1) is 23.6 Å². The number of nitrogens with one attached hydrogen (secondary N) is 2. The summed E-state index contributed by atoms with van der Waals surface area (Å²) in [7, 11) is 1.40. The third kappa shape index (κ3) is 2.43. The monoisotopic (exact) mass is 388 g/mol. The fourth-order valence-electron chi connectivity index (χ4n) is 4.95. The Bertz CT molecular complexity index is 936. The summed E-state index contributed by atoms with van der Waals surface area (Å²) in [6.07, 6.45) is 0. The predicted molar refractivity (Wildman–Crippen MR) is 98.0 cm³/mol. The second kappa shape index (κ2) is 5.84. The number of carbonyl (C=O) groups excluding carboxylic acids is 1. The van der Waals surface area contributed by atoms with E-state index in [1.807, 2.05) is 12.1 Å². The van der Waals surface area contributed by atoms with Gasteiger partial charge in [-0.3, -0.25) is 4.79 Å². The number of anilines is 1. The van der Waals surface area contributed by atoms with Gasteiger partial charge in [-0.25, -0.2) is 4.39 Å². The molecule has 1 saturated heterocycles. The molecular weight excluding hydrogens is 371 g/mol. The number of rotatable bonds is 2. The van der Waals surface area contributed by atoms with E-state index in [4.69, 9.17) is 16.3 Å². The molecule has 1 saturated carbocycles. The van der Waals surface area contributed by atoms with Crippen molar-refractivity contribution in [1.82, 2.24) is 5.32 Å². The number of aromatic hydroxyl groups is 1. The van der Waals surface area contributed by atoms with Gasteiger partial charge >= 0.3 is 5.97 Å². The molecule has 3 aliphatic rings. The summed E-state index contributed by atoms with van der Waals surface area (Å²) in [6.45, 7) is 0. The molecule has 6 unspecified atom stereocenters. The van der Waals surface area contributed by atoms with Gasteiger partial charge in [-0.05, 0) is 41.3 Å². The summed E-state index contributed by atoms with van der Waals surface area (Å²) >= 11 is 6.09. The lowest BCUT2D eigenvalue weighted by atomic mass is 9.77. The number of esters is 1.